The number of aromatic amines is 2. The Morgan fingerprint density at radius 2 is 1.62 bits per heavy atom. The number of nitrogens with one attached hydrogen (secondary N) is 3. The first-order valence-electron chi connectivity index (χ1n) is 12.3. The minimum atomic E-state index is -0.201. The Morgan fingerprint density at radius 3 is 2.49 bits per heavy atom. The molecule has 0 saturated heterocycles. The standard InChI is InChI=1S/C30H20N8O/c39-30(18-6-2-1-3-7-18)35-20-10-19(13-31-14-20)25-12-22-28(17-34-25)37-38-29(22)26-11-21-23(15-32-16-27(21)36-26)24-8-4-5-9-33-24/h1-17,36H,(H,35,39)(H,37,38). The van der Waals surface area contributed by atoms with Gasteiger partial charge in [-0.1, -0.05) is 24.3 Å². The summed E-state index contributed by atoms with van der Waals surface area (Å²) in [6.45, 7) is 0. The minimum Gasteiger partial charge on any atom is -0.352 e. The zero-order chi connectivity index (χ0) is 26.2. The summed E-state index contributed by atoms with van der Waals surface area (Å²) < 4.78 is 0. The van der Waals surface area contributed by atoms with E-state index in [0.29, 0.717) is 16.9 Å². The molecule has 0 saturated carbocycles. The highest BCUT2D eigenvalue weighted by molar-refractivity contribution is 6.04. The van der Waals surface area contributed by atoms with Crippen LogP contribution in [-0.2, 0) is 0 Å². The topological polar surface area (TPSA) is 125 Å². The molecular formula is C30H20N8O. The predicted molar refractivity (Wildman–Crippen MR) is 150 cm³/mol. The normalized spacial score (nSPS) is 11.2. The van der Waals surface area contributed by atoms with Gasteiger partial charge in [-0.15, -0.1) is 0 Å². The molecule has 0 fully saturated rings. The van der Waals surface area contributed by atoms with Gasteiger partial charge in [0.25, 0.3) is 5.91 Å². The highest BCUT2D eigenvalue weighted by Crippen LogP contribution is 2.34. The molecule has 0 spiro atoms. The van der Waals surface area contributed by atoms with E-state index in [4.69, 9.17) is 0 Å². The molecule has 3 N–H and O–H groups in total. The molecule has 6 aromatic heterocycles. The van der Waals surface area contributed by atoms with Crippen LogP contribution < -0.4 is 5.32 Å². The van der Waals surface area contributed by atoms with E-state index in [1.807, 2.05) is 54.7 Å². The number of rotatable bonds is 5. The summed E-state index contributed by atoms with van der Waals surface area (Å²) in [6.07, 6.45) is 10.5. The van der Waals surface area contributed by atoms with Crippen molar-refractivity contribution in [2.45, 2.75) is 0 Å². The smallest absolute Gasteiger partial charge is 0.255 e. The molecule has 186 valence electrons. The van der Waals surface area contributed by atoms with Crippen LogP contribution in [0.25, 0.3) is 55.7 Å². The van der Waals surface area contributed by atoms with Gasteiger partial charge in [-0.3, -0.25) is 29.8 Å². The molecule has 7 aromatic rings. The molecular weight excluding hydrogens is 488 g/mol. The van der Waals surface area contributed by atoms with Crippen molar-refractivity contribution >= 4 is 33.4 Å². The number of anilines is 1. The van der Waals surface area contributed by atoms with Gasteiger partial charge in [0.1, 0.15) is 5.69 Å². The van der Waals surface area contributed by atoms with Crippen LogP contribution in [0, 0.1) is 0 Å². The summed E-state index contributed by atoms with van der Waals surface area (Å²) in [7, 11) is 0. The molecule has 1 aromatic carbocycles. The first-order chi connectivity index (χ1) is 19.2. The summed E-state index contributed by atoms with van der Waals surface area (Å²) in [5, 5.41) is 12.5. The Labute approximate surface area is 222 Å². The van der Waals surface area contributed by atoms with Crippen LogP contribution in [0.5, 0.6) is 0 Å². The molecule has 0 radical (unpaired) electrons. The molecule has 0 unspecified atom stereocenters. The number of nitrogens with zero attached hydrogens (tertiary/aromatic N) is 5. The predicted octanol–water partition coefficient (Wildman–Crippen LogP) is 5.88. The summed E-state index contributed by atoms with van der Waals surface area (Å²) >= 11 is 0. The Bertz CT molecular complexity index is 1960. The van der Waals surface area contributed by atoms with Crippen molar-refractivity contribution in [3.05, 3.63) is 109 Å². The second-order valence-corrected chi connectivity index (χ2v) is 9.02. The number of fused-ring (bicyclic) bond motifs is 2. The quantitative estimate of drug-likeness (QED) is 0.267. The van der Waals surface area contributed by atoms with E-state index in [-0.39, 0.29) is 5.91 Å². The number of carbonyl (C=O) groups is 1. The molecule has 0 aliphatic rings. The Kier molecular flexibility index (Phi) is 5.37. The lowest BCUT2D eigenvalue weighted by Gasteiger charge is -2.07. The summed E-state index contributed by atoms with van der Waals surface area (Å²) in [5.74, 6) is -0.201. The molecule has 39 heavy (non-hydrogen) atoms. The maximum absolute atomic E-state index is 12.6. The van der Waals surface area contributed by atoms with Crippen LogP contribution >= 0.6 is 0 Å². The fraction of sp³-hybridized carbons (Fsp3) is 0. The number of H-pyrrole nitrogens is 2. The monoisotopic (exact) mass is 508 g/mol. The molecule has 0 aliphatic heterocycles. The van der Waals surface area contributed by atoms with E-state index in [1.165, 1.54) is 0 Å². The fourth-order valence-electron chi connectivity index (χ4n) is 4.63. The zero-order valence-corrected chi connectivity index (χ0v) is 20.5. The van der Waals surface area contributed by atoms with Gasteiger partial charge in [-0.25, -0.2) is 0 Å². The maximum Gasteiger partial charge on any atom is 0.255 e. The van der Waals surface area contributed by atoms with Gasteiger partial charge in [-0.2, -0.15) is 5.10 Å². The molecule has 0 bridgehead atoms. The Morgan fingerprint density at radius 1 is 0.744 bits per heavy atom. The summed E-state index contributed by atoms with van der Waals surface area (Å²) in [5.41, 5.74) is 7.74. The van der Waals surface area contributed by atoms with Crippen LogP contribution in [0.3, 0.4) is 0 Å². The average molecular weight is 509 g/mol. The molecule has 0 aliphatic carbocycles. The SMILES string of the molecule is O=C(Nc1cncc(-c2cc3c(-c4cc5c(-c6ccccn6)cncc5[nH]4)n[nH]c3cn2)c1)c1ccccc1. The molecule has 7 rings (SSSR count). The summed E-state index contributed by atoms with van der Waals surface area (Å²) in [4.78, 5) is 33.9. The van der Waals surface area contributed by atoms with Crippen molar-refractivity contribution in [2.24, 2.45) is 0 Å². The number of amides is 1. The number of carbonyl (C=O) groups excluding carboxylic acids is 1. The highest BCUT2D eigenvalue weighted by atomic mass is 16.1. The van der Waals surface area contributed by atoms with Crippen molar-refractivity contribution in [3.63, 3.8) is 0 Å². The van der Waals surface area contributed by atoms with Gasteiger partial charge in [0.2, 0.25) is 0 Å². The lowest BCUT2D eigenvalue weighted by atomic mass is 10.1. The first kappa shape index (κ1) is 22.5. The van der Waals surface area contributed by atoms with Gasteiger partial charge in [-0.05, 0) is 42.5 Å². The van der Waals surface area contributed by atoms with Crippen LogP contribution in [0.15, 0.2) is 104 Å². The van der Waals surface area contributed by atoms with E-state index in [1.54, 1.807) is 43.1 Å². The van der Waals surface area contributed by atoms with Gasteiger partial charge >= 0.3 is 0 Å². The molecule has 1 amide bonds. The van der Waals surface area contributed by atoms with Crippen molar-refractivity contribution in [1.82, 2.24) is 35.1 Å². The van der Waals surface area contributed by atoms with Crippen molar-refractivity contribution in [1.29, 1.82) is 0 Å². The average Bonchev–Trinajstić information content (AvgIpc) is 3.62. The number of hydrogen-bond donors (Lipinski definition) is 3. The van der Waals surface area contributed by atoms with E-state index in [2.05, 4.69) is 46.5 Å². The first-order valence-corrected chi connectivity index (χ1v) is 12.3. The number of aromatic nitrogens is 7. The lowest BCUT2D eigenvalue weighted by molar-refractivity contribution is 0.102. The van der Waals surface area contributed by atoms with Crippen molar-refractivity contribution in [2.75, 3.05) is 5.32 Å². The highest BCUT2D eigenvalue weighted by Gasteiger charge is 2.16. The Hall–Kier alpha value is -5.70. The van der Waals surface area contributed by atoms with Crippen LogP contribution in [0.2, 0.25) is 0 Å². The second-order valence-electron chi connectivity index (χ2n) is 9.02. The van der Waals surface area contributed by atoms with Crippen LogP contribution in [0.1, 0.15) is 10.4 Å². The number of hydrogen-bond acceptors (Lipinski definition) is 6. The van der Waals surface area contributed by atoms with Crippen LogP contribution in [-0.4, -0.2) is 41.0 Å². The Balaban J connectivity index is 1.25. The molecule has 9 heteroatoms. The van der Waals surface area contributed by atoms with E-state index >= 15 is 0 Å². The van der Waals surface area contributed by atoms with Gasteiger partial charge in [0, 0.05) is 46.1 Å². The lowest BCUT2D eigenvalue weighted by Crippen LogP contribution is -2.11. The minimum absolute atomic E-state index is 0.201. The second kappa shape index (κ2) is 9.31. The van der Waals surface area contributed by atoms with Crippen LogP contribution in [0.4, 0.5) is 5.69 Å². The third-order valence-electron chi connectivity index (χ3n) is 6.52. The van der Waals surface area contributed by atoms with E-state index in [0.717, 1.165) is 50.0 Å². The van der Waals surface area contributed by atoms with E-state index < -0.39 is 0 Å². The molecule has 6 heterocycles. The fourth-order valence-corrected chi connectivity index (χ4v) is 4.63. The molecule has 0 atom stereocenters. The van der Waals surface area contributed by atoms with Gasteiger partial charge < -0.3 is 10.3 Å². The number of pyridine rings is 4. The van der Waals surface area contributed by atoms with E-state index in [9.17, 15) is 4.79 Å². The maximum atomic E-state index is 12.6. The zero-order valence-electron chi connectivity index (χ0n) is 20.5. The third kappa shape index (κ3) is 4.17. The van der Waals surface area contributed by atoms with Gasteiger partial charge in [0.05, 0.1) is 52.4 Å². The molecule has 9 nitrogen and oxygen atoms in total. The largest absolute Gasteiger partial charge is 0.352 e. The summed E-state index contributed by atoms with van der Waals surface area (Å²) in [6, 6.07) is 20.8. The van der Waals surface area contributed by atoms with Crippen molar-refractivity contribution < 1.29 is 4.79 Å². The van der Waals surface area contributed by atoms with Crippen molar-refractivity contribution in [3.8, 4) is 33.9 Å². The van der Waals surface area contributed by atoms with Gasteiger partial charge in [0.15, 0.2) is 0 Å². The third-order valence-corrected chi connectivity index (χ3v) is 6.52. The number of benzene rings is 1.